The van der Waals surface area contributed by atoms with Gasteiger partial charge in [-0.1, -0.05) is 24.3 Å². The normalized spacial score (nSPS) is 11.7. The lowest BCUT2D eigenvalue weighted by molar-refractivity contribution is 0.0992. The van der Waals surface area contributed by atoms with Crippen molar-refractivity contribution in [1.29, 1.82) is 0 Å². The van der Waals surface area contributed by atoms with E-state index in [1.807, 2.05) is 6.07 Å². The van der Waals surface area contributed by atoms with Crippen molar-refractivity contribution >= 4 is 38.2 Å². The number of nitrogens with zero attached hydrogens (tertiary/aromatic N) is 2. The summed E-state index contributed by atoms with van der Waals surface area (Å²) in [5, 5.41) is 2.42. The van der Waals surface area contributed by atoms with Gasteiger partial charge in [0, 0.05) is 12.4 Å². The molecule has 1 amide bonds. The van der Waals surface area contributed by atoms with Crippen LogP contribution in [0.15, 0.2) is 52.1 Å². The van der Waals surface area contributed by atoms with Crippen molar-refractivity contribution in [3.63, 3.8) is 0 Å². The molecule has 3 rings (SSSR count). The van der Waals surface area contributed by atoms with Crippen LogP contribution < -0.4 is 10.1 Å². The summed E-state index contributed by atoms with van der Waals surface area (Å²) in [4.78, 5) is 11.7. The van der Waals surface area contributed by atoms with Crippen LogP contribution in [-0.4, -0.2) is 26.0 Å². The Kier molecular flexibility index (Phi) is 3.42. The Bertz CT molecular complexity index is 943. The number of thiophene rings is 1. The summed E-state index contributed by atoms with van der Waals surface area (Å²) in [5.74, 6) is -0.690. The van der Waals surface area contributed by atoms with Crippen molar-refractivity contribution in [1.82, 2.24) is 4.68 Å². The highest BCUT2D eigenvalue weighted by Gasteiger charge is 2.26. The van der Waals surface area contributed by atoms with Gasteiger partial charge in [-0.15, -0.1) is 11.3 Å². The van der Waals surface area contributed by atoms with Crippen molar-refractivity contribution < 1.29 is 13.2 Å². The molecular formula is C14H13N3O3S2. The van der Waals surface area contributed by atoms with E-state index in [1.54, 1.807) is 35.7 Å². The number of nitrogens with two attached hydrogens (primary N) is 1. The first kappa shape index (κ1) is 14.6. The molecular weight excluding hydrogens is 322 g/mol. The summed E-state index contributed by atoms with van der Waals surface area (Å²) < 4.78 is 27.9. The fourth-order valence-corrected chi connectivity index (χ4v) is 4.59. The molecule has 0 atom stereocenters. The van der Waals surface area contributed by atoms with Crippen LogP contribution in [0.2, 0.25) is 0 Å². The largest absolute Gasteiger partial charge is 0.364 e. The molecule has 114 valence electrons. The number of sulfonamides is 1. The van der Waals surface area contributed by atoms with Gasteiger partial charge in [0.2, 0.25) is 0 Å². The smallest absolute Gasteiger partial charge is 0.287 e. The molecule has 0 saturated heterocycles. The molecule has 0 aliphatic carbocycles. The standard InChI is InChI=1S/C14H13N3O3S2/c1-16(22(19,20)13-7-4-8-21-13)17-11-6-3-2-5-10(11)9-12(17)14(15)18/h2-9H,1H3,(H2,15,18). The molecule has 0 spiro atoms. The van der Waals surface area contributed by atoms with Crippen LogP contribution in [0.3, 0.4) is 0 Å². The van der Waals surface area contributed by atoms with Gasteiger partial charge in [-0.05, 0) is 23.6 Å². The van der Waals surface area contributed by atoms with Gasteiger partial charge in [0.05, 0.1) is 5.52 Å². The third kappa shape index (κ3) is 2.16. The number of rotatable bonds is 4. The molecule has 0 aliphatic heterocycles. The second kappa shape index (κ2) is 5.15. The van der Waals surface area contributed by atoms with Crippen LogP contribution in [0.1, 0.15) is 10.5 Å². The molecule has 0 radical (unpaired) electrons. The van der Waals surface area contributed by atoms with Crippen LogP contribution in [-0.2, 0) is 10.0 Å². The molecule has 2 N–H and O–H groups in total. The lowest BCUT2D eigenvalue weighted by atomic mass is 10.2. The third-order valence-corrected chi connectivity index (χ3v) is 6.40. The molecule has 0 unspecified atom stereocenters. The number of amides is 1. The molecule has 2 aromatic heterocycles. The minimum absolute atomic E-state index is 0.115. The average molecular weight is 335 g/mol. The number of primary amides is 1. The Balaban J connectivity index is 2.25. The zero-order valence-electron chi connectivity index (χ0n) is 11.6. The molecule has 0 bridgehead atoms. The van der Waals surface area contributed by atoms with Gasteiger partial charge < -0.3 is 5.73 Å². The van der Waals surface area contributed by atoms with E-state index < -0.39 is 15.9 Å². The van der Waals surface area contributed by atoms with Crippen LogP contribution in [0.4, 0.5) is 0 Å². The zero-order chi connectivity index (χ0) is 15.9. The van der Waals surface area contributed by atoms with E-state index in [2.05, 4.69) is 0 Å². The van der Waals surface area contributed by atoms with Gasteiger partial charge in [-0.3, -0.25) is 4.79 Å². The van der Waals surface area contributed by atoms with Gasteiger partial charge in [0.25, 0.3) is 15.9 Å². The van der Waals surface area contributed by atoms with E-state index >= 15 is 0 Å². The second-order valence-corrected chi connectivity index (χ2v) is 7.76. The molecule has 6 nitrogen and oxygen atoms in total. The lowest BCUT2D eigenvalue weighted by Gasteiger charge is -2.22. The summed E-state index contributed by atoms with van der Waals surface area (Å²) in [7, 11) is -2.36. The molecule has 1 aromatic carbocycles. The molecule has 3 aromatic rings. The maximum atomic E-state index is 12.7. The summed E-state index contributed by atoms with van der Waals surface area (Å²) >= 11 is 1.12. The number of aromatic nitrogens is 1. The molecule has 22 heavy (non-hydrogen) atoms. The first-order valence-electron chi connectivity index (χ1n) is 6.36. The predicted molar refractivity (Wildman–Crippen MR) is 86.1 cm³/mol. The number of hydrogen-bond donors (Lipinski definition) is 1. The fraction of sp³-hybridized carbons (Fsp3) is 0.0714. The van der Waals surface area contributed by atoms with Crippen LogP contribution >= 0.6 is 11.3 Å². The Morgan fingerprint density at radius 1 is 1.23 bits per heavy atom. The number of para-hydroxylation sites is 1. The maximum absolute atomic E-state index is 12.7. The number of hydrogen-bond acceptors (Lipinski definition) is 4. The first-order valence-corrected chi connectivity index (χ1v) is 8.68. The van der Waals surface area contributed by atoms with Crippen molar-refractivity contribution in [2.24, 2.45) is 5.73 Å². The van der Waals surface area contributed by atoms with Gasteiger partial charge >= 0.3 is 0 Å². The van der Waals surface area contributed by atoms with Crippen molar-refractivity contribution in [3.05, 3.63) is 53.5 Å². The minimum atomic E-state index is -3.76. The highest BCUT2D eigenvalue weighted by atomic mass is 32.2. The molecule has 8 heteroatoms. The number of benzene rings is 1. The summed E-state index contributed by atoms with van der Waals surface area (Å²) in [6, 6.07) is 11.9. The highest BCUT2D eigenvalue weighted by molar-refractivity contribution is 7.94. The molecule has 0 aliphatic rings. The molecule has 0 saturated carbocycles. The van der Waals surface area contributed by atoms with Crippen LogP contribution in [0.25, 0.3) is 10.9 Å². The lowest BCUT2D eigenvalue weighted by Crippen LogP contribution is -2.38. The van der Waals surface area contributed by atoms with Crippen LogP contribution in [0, 0.1) is 0 Å². The van der Waals surface area contributed by atoms with E-state index in [4.69, 9.17) is 5.73 Å². The fourth-order valence-electron chi connectivity index (χ4n) is 2.27. The first-order chi connectivity index (χ1) is 10.4. The second-order valence-electron chi connectivity index (χ2n) is 4.64. The average Bonchev–Trinajstić information content (AvgIpc) is 3.14. The Labute approximate surface area is 131 Å². The minimum Gasteiger partial charge on any atom is -0.364 e. The third-order valence-electron chi connectivity index (χ3n) is 3.32. The van der Waals surface area contributed by atoms with E-state index in [-0.39, 0.29) is 9.90 Å². The van der Waals surface area contributed by atoms with E-state index in [9.17, 15) is 13.2 Å². The predicted octanol–water partition coefficient (Wildman–Crippen LogP) is 1.76. The Hall–Kier alpha value is -2.32. The number of fused-ring (bicyclic) bond motifs is 1. The number of carbonyl (C=O) groups excluding carboxylic acids is 1. The van der Waals surface area contributed by atoms with Crippen LogP contribution in [0.5, 0.6) is 0 Å². The summed E-state index contributed by atoms with van der Waals surface area (Å²) in [5.41, 5.74) is 6.11. The number of carbonyl (C=O) groups is 1. The van der Waals surface area contributed by atoms with Crippen molar-refractivity contribution in [2.45, 2.75) is 4.21 Å². The monoisotopic (exact) mass is 335 g/mol. The zero-order valence-corrected chi connectivity index (χ0v) is 13.3. The van der Waals surface area contributed by atoms with Gasteiger partial charge in [-0.25, -0.2) is 9.09 Å². The van der Waals surface area contributed by atoms with Crippen molar-refractivity contribution in [2.75, 3.05) is 11.5 Å². The molecule has 0 fully saturated rings. The SMILES string of the molecule is CN(n1c(C(N)=O)cc2ccccc21)S(=O)(=O)c1cccs1. The Morgan fingerprint density at radius 3 is 2.59 bits per heavy atom. The highest BCUT2D eigenvalue weighted by Crippen LogP contribution is 2.24. The topological polar surface area (TPSA) is 85.4 Å². The Morgan fingerprint density at radius 2 is 1.95 bits per heavy atom. The quantitative estimate of drug-likeness (QED) is 0.788. The molecule has 2 heterocycles. The maximum Gasteiger partial charge on any atom is 0.287 e. The van der Waals surface area contributed by atoms with E-state index in [1.165, 1.54) is 17.8 Å². The van der Waals surface area contributed by atoms with Gasteiger partial charge in [-0.2, -0.15) is 8.42 Å². The van der Waals surface area contributed by atoms with Crippen molar-refractivity contribution in [3.8, 4) is 0 Å². The van der Waals surface area contributed by atoms with E-state index in [0.29, 0.717) is 5.52 Å². The van der Waals surface area contributed by atoms with Gasteiger partial charge in [0.15, 0.2) is 0 Å². The summed E-state index contributed by atoms with van der Waals surface area (Å²) in [6.07, 6.45) is 0. The van der Waals surface area contributed by atoms with E-state index in [0.717, 1.165) is 21.1 Å². The van der Waals surface area contributed by atoms with Gasteiger partial charge in [0.1, 0.15) is 9.90 Å². The summed E-state index contributed by atoms with van der Waals surface area (Å²) in [6.45, 7) is 0.